The van der Waals surface area contributed by atoms with Crippen LogP contribution in [0.25, 0.3) is 22.4 Å². The van der Waals surface area contributed by atoms with Gasteiger partial charge in [0.1, 0.15) is 0 Å². The number of rotatable bonds is 4. The molecule has 2 aromatic carbocycles. The van der Waals surface area contributed by atoms with Crippen LogP contribution >= 0.6 is 11.3 Å². The van der Waals surface area contributed by atoms with Gasteiger partial charge in [-0.15, -0.1) is 11.3 Å². The molecule has 136 valence electrons. The predicted octanol–water partition coefficient (Wildman–Crippen LogP) is 4.98. The van der Waals surface area contributed by atoms with E-state index in [9.17, 15) is 4.79 Å². The molecule has 1 aromatic heterocycles. The van der Waals surface area contributed by atoms with Gasteiger partial charge >= 0.3 is 0 Å². The molecule has 1 amide bonds. The van der Waals surface area contributed by atoms with Crippen molar-refractivity contribution in [2.45, 2.75) is 31.5 Å². The number of carbonyl (C=O) groups is 1. The number of fused-ring (bicyclic) bond motifs is 2. The highest BCUT2D eigenvalue weighted by atomic mass is 32.1. The van der Waals surface area contributed by atoms with Gasteiger partial charge in [0.05, 0.1) is 23.8 Å². The van der Waals surface area contributed by atoms with Crippen molar-refractivity contribution in [3.63, 3.8) is 0 Å². The summed E-state index contributed by atoms with van der Waals surface area (Å²) < 4.78 is 5.79. The highest BCUT2D eigenvalue weighted by molar-refractivity contribution is 7.14. The monoisotopic (exact) mass is 376 g/mol. The van der Waals surface area contributed by atoms with Crippen LogP contribution in [0.2, 0.25) is 0 Å². The average molecular weight is 376 g/mol. The lowest BCUT2D eigenvalue weighted by atomic mass is 9.89. The maximum atomic E-state index is 12.5. The number of anilines is 1. The molecule has 0 aliphatic carbocycles. The maximum Gasteiger partial charge on any atom is 0.231 e. The molecular formula is C22H20N2O2S. The predicted molar refractivity (Wildman–Crippen MR) is 108 cm³/mol. The average Bonchev–Trinajstić information content (AvgIpc) is 3.46. The molecule has 0 saturated carbocycles. The highest BCUT2D eigenvalue weighted by Crippen LogP contribution is 2.39. The molecule has 2 saturated heterocycles. The Hall–Kier alpha value is -2.50. The summed E-state index contributed by atoms with van der Waals surface area (Å²) in [5, 5.41) is 5.63. The van der Waals surface area contributed by atoms with Gasteiger partial charge in [-0.1, -0.05) is 54.6 Å². The zero-order chi connectivity index (χ0) is 18.2. The molecule has 1 N–H and O–H groups in total. The Bertz CT molecular complexity index is 952. The lowest BCUT2D eigenvalue weighted by molar-refractivity contribution is -0.121. The highest BCUT2D eigenvalue weighted by Gasteiger charge is 2.44. The number of nitrogens with zero attached hydrogens (tertiary/aromatic N) is 1. The third kappa shape index (κ3) is 3.29. The van der Waals surface area contributed by atoms with Crippen molar-refractivity contribution in [1.82, 2.24) is 4.98 Å². The van der Waals surface area contributed by atoms with Crippen LogP contribution in [0.15, 0.2) is 60.0 Å². The molecule has 3 aromatic rings. The number of aromatic nitrogens is 1. The van der Waals surface area contributed by atoms with E-state index < -0.39 is 0 Å². The number of hydrogen-bond donors (Lipinski definition) is 1. The van der Waals surface area contributed by atoms with Gasteiger partial charge in [0, 0.05) is 10.9 Å². The number of ether oxygens (including phenoxy) is 1. The molecular weight excluding hydrogens is 356 g/mol. The largest absolute Gasteiger partial charge is 0.374 e. The normalized spacial score (nSPS) is 23.5. The van der Waals surface area contributed by atoms with Gasteiger partial charge in [0.2, 0.25) is 5.91 Å². The molecule has 5 heteroatoms. The molecule has 3 heterocycles. The Labute approximate surface area is 162 Å². The first kappa shape index (κ1) is 16.7. The minimum atomic E-state index is -0.0266. The van der Waals surface area contributed by atoms with Gasteiger partial charge in [-0.2, -0.15) is 0 Å². The Balaban J connectivity index is 1.28. The Morgan fingerprint density at radius 3 is 2.44 bits per heavy atom. The summed E-state index contributed by atoms with van der Waals surface area (Å²) in [5.41, 5.74) is 4.32. The van der Waals surface area contributed by atoms with E-state index in [4.69, 9.17) is 4.74 Å². The number of benzene rings is 2. The van der Waals surface area contributed by atoms with Crippen LogP contribution in [0.5, 0.6) is 0 Å². The summed E-state index contributed by atoms with van der Waals surface area (Å²) >= 11 is 1.47. The summed E-state index contributed by atoms with van der Waals surface area (Å²) in [6, 6.07) is 18.7. The fourth-order valence-corrected chi connectivity index (χ4v) is 4.76. The van der Waals surface area contributed by atoms with Gasteiger partial charge in [-0.25, -0.2) is 4.98 Å². The van der Waals surface area contributed by atoms with Crippen molar-refractivity contribution < 1.29 is 9.53 Å². The standard InChI is InChI=1S/C22H20N2O2S/c25-21(18-12-17-10-11-20(18)26-17)24-22-23-19(13-27-22)16-8-6-15(7-9-16)14-4-2-1-3-5-14/h1-9,13,17-18,20H,10-12H2,(H,23,24,25). The van der Waals surface area contributed by atoms with Crippen molar-refractivity contribution >= 4 is 22.4 Å². The smallest absolute Gasteiger partial charge is 0.231 e. The molecule has 27 heavy (non-hydrogen) atoms. The molecule has 2 aliphatic rings. The molecule has 3 atom stereocenters. The molecule has 0 spiro atoms. The van der Waals surface area contributed by atoms with Crippen LogP contribution in [0.3, 0.4) is 0 Å². The molecule has 2 aliphatic heterocycles. The van der Waals surface area contributed by atoms with E-state index in [0.29, 0.717) is 5.13 Å². The minimum absolute atomic E-state index is 0.0266. The third-order valence-electron chi connectivity index (χ3n) is 5.46. The number of amides is 1. The summed E-state index contributed by atoms with van der Waals surface area (Å²) in [7, 11) is 0. The lowest BCUT2D eigenvalue weighted by Crippen LogP contribution is -2.30. The van der Waals surface area contributed by atoms with Crippen molar-refractivity contribution in [1.29, 1.82) is 0 Å². The zero-order valence-corrected chi connectivity index (χ0v) is 15.6. The molecule has 4 nitrogen and oxygen atoms in total. The zero-order valence-electron chi connectivity index (χ0n) is 14.8. The van der Waals surface area contributed by atoms with E-state index in [0.717, 1.165) is 30.5 Å². The second-order valence-electron chi connectivity index (χ2n) is 7.19. The van der Waals surface area contributed by atoms with Crippen LogP contribution < -0.4 is 5.32 Å². The van der Waals surface area contributed by atoms with E-state index in [1.54, 1.807) is 0 Å². The van der Waals surface area contributed by atoms with Gasteiger partial charge in [-0.05, 0) is 30.4 Å². The van der Waals surface area contributed by atoms with Crippen LogP contribution in [0.1, 0.15) is 19.3 Å². The number of hydrogen-bond acceptors (Lipinski definition) is 4. The van der Waals surface area contributed by atoms with Crippen LogP contribution in [0, 0.1) is 5.92 Å². The summed E-state index contributed by atoms with van der Waals surface area (Å²) in [6.45, 7) is 0. The van der Waals surface area contributed by atoms with Gasteiger partial charge < -0.3 is 10.1 Å². The van der Waals surface area contributed by atoms with Gasteiger partial charge in [-0.3, -0.25) is 4.79 Å². The van der Waals surface area contributed by atoms with E-state index in [2.05, 4.69) is 46.7 Å². The lowest BCUT2D eigenvalue weighted by Gasteiger charge is -2.16. The minimum Gasteiger partial charge on any atom is -0.374 e. The Morgan fingerprint density at radius 2 is 1.74 bits per heavy atom. The maximum absolute atomic E-state index is 12.5. The van der Waals surface area contributed by atoms with Gasteiger partial charge in [0.25, 0.3) is 0 Å². The first-order chi connectivity index (χ1) is 13.3. The topological polar surface area (TPSA) is 51.2 Å². The molecule has 3 unspecified atom stereocenters. The molecule has 0 radical (unpaired) electrons. The molecule has 5 rings (SSSR count). The van der Waals surface area contributed by atoms with Crippen LogP contribution in [-0.2, 0) is 9.53 Å². The fraction of sp³-hybridized carbons (Fsp3) is 0.273. The van der Waals surface area contributed by atoms with E-state index >= 15 is 0 Å². The molecule has 2 bridgehead atoms. The fourth-order valence-electron chi connectivity index (χ4n) is 4.04. The van der Waals surface area contributed by atoms with Gasteiger partial charge in [0.15, 0.2) is 5.13 Å². The summed E-state index contributed by atoms with van der Waals surface area (Å²) in [4.78, 5) is 17.1. The first-order valence-corrected chi connectivity index (χ1v) is 10.2. The summed E-state index contributed by atoms with van der Waals surface area (Å²) in [6.07, 6.45) is 3.31. The van der Waals surface area contributed by atoms with E-state index in [1.807, 2.05) is 23.6 Å². The van der Waals surface area contributed by atoms with E-state index in [1.165, 1.54) is 22.5 Å². The second kappa shape index (κ2) is 6.91. The van der Waals surface area contributed by atoms with Crippen LogP contribution in [-0.4, -0.2) is 23.1 Å². The molecule has 2 fully saturated rings. The SMILES string of the molecule is O=C(Nc1nc(-c2ccc(-c3ccccc3)cc2)cs1)C1CC2CCC1O2. The van der Waals surface area contributed by atoms with Crippen LogP contribution in [0.4, 0.5) is 5.13 Å². The number of carbonyl (C=O) groups excluding carboxylic acids is 1. The quantitative estimate of drug-likeness (QED) is 0.698. The Kier molecular flexibility index (Phi) is 4.26. The Morgan fingerprint density at radius 1 is 1.00 bits per heavy atom. The number of thiazole rings is 1. The number of nitrogens with one attached hydrogen (secondary N) is 1. The van der Waals surface area contributed by atoms with Crippen molar-refractivity contribution in [3.8, 4) is 22.4 Å². The van der Waals surface area contributed by atoms with Crippen molar-refractivity contribution in [2.24, 2.45) is 5.92 Å². The summed E-state index contributed by atoms with van der Waals surface area (Å²) in [5.74, 6) is 0.0174. The third-order valence-corrected chi connectivity index (χ3v) is 6.22. The van der Waals surface area contributed by atoms with Crippen molar-refractivity contribution in [2.75, 3.05) is 5.32 Å². The first-order valence-electron chi connectivity index (χ1n) is 9.34. The second-order valence-corrected chi connectivity index (χ2v) is 8.04. The van der Waals surface area contributed by atoms with E-state index in [-0.39, 0.29) is 24.0 Å². The van der Waals surface area contributed by atoms with Crippen molar-refractivity contribution in [3.05, 3.63) is 60.0 Å².